The number of ether oxygens (including phenoxy) is 1. The summed E-state index contributed by atoms with van der Waals surface area (Å²) in [6.45, 7) is 5.32. The highest BCUT2D eigenvalue weighted by Gasteiger charge is 2.28. The van der Waals surface area contributed by atoms with Gasteiger partial charge in [-0.05, 0) is 6.42 Å². The zero-order chi connectivity index (χ0) is 11.0. The van der Waals surface area contributed by atoms with Crippen LogP contribution in [-0.2, 0) is 4.74 Å². The van der Waals surface area contributed by atoms with Gasteiger partial charge in [0.2, 0.25) is 0 Å². The van der Waals surface area contributed by atoms with Gasteiger partial charge in [-0.15, -0.1) is 0 Å². The topological polar surface area (TPSA) is 21.3 Å². The van der Waals surface area contributed by atoms with E-state index < -0.39 is 12.5 Å². The van der Waals surface area contributed by atoms with Crippen molar-refractivity contribution in [2.45, 2.75) is 45.6 Å². The largest absolute Gasteiger partial charge is 0.375 e. The van der Waals surface area contributed by atoms with Crippen LogP contribution in [0.15, 0.2) is 0 Å². The summed E-state index contributed by atoms with van der Waals surface area (Å²) in [5.41, 5.74) is 0. The van der Waals surface area contributed by atoms with Crippen LogP contribution in [0.5, 0.6) is 0 Å². The van der Waals surface area contributed by atoms with E-state index in [2.05, 4.69) is 5.32 Å². The van der Waals surface area contributed by atoms with Crippen molar-refractivity contribution in [3.05, 3.63) is 0 Å². The Bertz CT molecular complexity index is 140. The summed E-state index contributed by atoms with van der Waals surface area (Å²) in [6.07, 6.45) is 1.81. The lowest BCUT2D eigenvalue weighted by Gasteiger charge is -2.18. The molecule has 2 nitrogen and oxygen atoms in total. The molecule has 0 aromatic heterocycles. The van der Waals surface area contributed by atoms with Crippen molar-refractivity contribution in [2.75, 3.05) is 19.8 Å². The molecule has 0 fully saturated rings. The molecule has 4 heteroatoms. The molecule has 0 aromatic rings. The number of halogens is 2. The second kappa shape index (κ2) is 7.12. The number of rotatable bonds is 8. The summed E-state index contributed by atoms with van der Waals surface area (Å²) in [6, 6.07) is 0.0801. The zero-order valence-electron chi connectivity index (χ0n) is 9.28. The highest BCUT2D eigenvalue weighted by atomic mass is 19.3. The van der Waals surface area contributed by atoms with E-state index in [0.717, 1.165) is 12.8 Å². The van der Waals surface area contributed by atoms with Gasteiger partial charge >= 0.3 is 0 Å². The molecular weight excluding hydrogens is 188 g/mol. The Hall–Kier alpha value is -0.220. The molecule has 0 aliphatic carbocycles. The molecule has 0 bridgehead atoms. The van der Waals surface area contributed by atoms with Gasteiger partial charge in [0.1, 0.15) is 6.61 Å². The van der Waals surface area contributed by atoms with E-state index in [4.69, 9.17) is 4.74 Å². The third-order valence-electron chi connectivity index (χ3n) is 1.72. The average Bonchev–Trinajstić information content (AvgIpc) is 2.10. The van der Waals surface area contributed by atoms with Gasteiger partial charge in [-0.2, -0.15) is 0 Å². The smallest absolute Gasteiger partial charge is 0.283 e. The van der Waals surface area contributed by atoms with Gasteiger partial charge in [-0.3, -0.25) is 0 Å². The maximum absolute atomic E-state index is 13.0. The van der Waals surface area contributed by atoms with E-state index in [1.54, 1.807) is 0 Å². The van der Waals surface area contributed by atoms with Crippen LogP contribution < -0.4 is 5.32 Å². The Morgan fingerprint density at radius 1 is 1.36 bits per heavy atom. The molecule has 0 atom stereocenters. The Balaban J connectivity index is 3.50. The van der Waals surface area contributed by atoms with E-state index >= 15 is 0 Å². The van der Waals surface area contributed by atoms with Gasteiger partial charge in [0.05, 0.1) is 6.54 Å². The van der Waals surface area contributed by atoms with Crippen LogP contribution >= 0.6 is 0 Å². The van der Waals surface area contributed by atoms with E-state index in [0.29, 0.717) is 6.61 Å². The number of nitrogens with one attached hydrogen (secondary N) is 1. The maximum Gasteiger partial charge on any atom is 0.283 e. The van der Waals surface area contributed by atoms with E-state index in [1.807, 2.05) is 20.8 Å². The molecule has 0 saturated carbocycles. The van der Waals surface area contributed by atoms with Crippen molar-refractivity contribution in [1.82, 2.24) is 5.32 Å². The van der Waals surface area contributed by atoms with E-state index in [-0.39, 0.29) is 12.6 Å². The second-order valence-corrected chi connectivity index (χ2v) is 3.80. The Kier molecular flexibility index (Phi) is 7.01. The second-order valence-electron chi connectivity index (χ2n) is 3.80. The standard InChI is InChI=1S/C10H21F2NO/c1-4-5-6-14-8-10(11,12)7-13-9(2)3/h9,13H,4-8H2,1-3H3. The minimum atomic E-state index is -2.75. The third kappa shape index (κ3) is 8.38. The average molecular weight is 209 g/mol. The Morgan fingerprint density at radius 2 is 2.00 bits per heavy atom. The SMILES string of the molecule is CCCCOCC(F)(F)CNC(C)C. The molecular formula is C10H21F2NO. The highest BCUT2D eigenvalue weighted by Crippen LogP contribution is 2.12. The Morgan fingerprint density at radius 3 is 2.50 bits per heavy atom. The first-order chi connectivity index (χ1) is 6.48. The van der Waals surface area contributed by atoms with Gasteiger partial charge in [0, 0.05) is 12.6 Å². The summed E-state index contributed by atoms with van der Waals surface area (Å²) in [5, 5.41) is 2.70. The molecule has 0 rings (SSSR count). The lowest BCUT2D eigenvalue weighted by Crippen LogP contribution is -2.39. The predicted octanol–water partition coefficient (Wildman–Crippen LogP) is 2.44. The molecule has 14 heavy (non-hydrogen) atoms. The van der Waals surface area contributed by atoms with Gasteiger partial charge in [0.15, 0.2) is 0 Å². The first kappa shape index (κ1) is 13.8. The fourth-order valence-corrected chi connectivity index (χ4v) is 0.872. The fraction of sp³-hybridized carbons (Fsp3) is 1.00. The number of hydrogen-bond acceptors (Lipinski definition) is 2. The summed E-state index contributed by atoms with van der Waals surface area (Å²) in [4.78, 5) is 0. The van der Waals surface area contributed by atoms with Crippen LogP contribution in [0.2, 0.25) is 0 Å². The molecule has 0 aromatic carbocycles. The molecule has 0 saturated heterocycles. The van der Waals surface area contributed by atoms with Crippen LogP contribution in [0.25, 0.3) is 0 Å². The van der Waals surface area contributed by atoms with Crippen LogP contribution in [0.3, 0.4) is 0 Å². The summed E-state index contributed by atoms with van der Waals surface area (Å²) >= 11 is 0. The molecule has 0 radical (unpaired) electrons. The molecule has 0 aliphatic rings. The van der Waals surface area contributed by atoms with Crippen molar-refractivity contribution in [3.8, 4) is 0 Å². The monoisotopic (exact) mass is 209 g/mol. The molecule has 1 N–H and O–H groups in total. The van der Waals surface area contributed by atoms with Crippen LogP contribution in [0.4, 0.5) is 8.78 Å². The fourth-order valence-electron chi connectivity index (χ4n) is 0.872. The number of unbranched alkanes of at least 4 members (excludes halogenated alkanes) is 1. The van der Waals surface area contributed by atoms with Crippen molar-refractivity contribution in [2.24, 2.45) is 0 Å². The molecule has 86 valence electrons. The van der Waals surface area contributed by atoms with E-state index in [9.17, 15) is 8.78 Å². The van der Waals surface area contributed by atoms with Crippen LogP contribution in [-0.4, -0.2) is 31.7 Å². The van der Waals surface area contributed by atoms with Gasteiger partial charge < -0.3 is 10.1 Å². The van der Waals surface area contributed by atoms with Gasteiger partial charge in [-0.1, -0.05) is 27.2 Å². The summed E-state index contributed by atoms with van der Waals surface area (Å²) in [7, 11) is 0. The van der Waals surface area contributed by atoms with Crippen LogP contribution in [0, 0.1) is 0 Å². The van der Waals surface area contributed by atoms with Crippen molar-refractivity contribution >= 4 is 0 Å². The minimum Gasteiger partial charge on any atom is -0.375 e. The third-order valence-corrected chi connectivity index (χ3v) is 1.72. The highest BCUT2D eigenvalue weighted by molar-refractivity contribution is 4.70. The number of hydrogen-bond donors (Lipinski definition) is 1. The lowest BCUT2D eigenvalue weighted by molar-refractivity contribution is -0.0758. The van der Waals surface area contributed by atoms with E-state index in [1.165, 1.54) is 0 Å². The molecule has 0 spiro atoms. The molecule has 0 aliphatic heterocycles. The van der Waals surface area contributed by atoms with Crippen molar-refractivity contribution < 1.29 is 13.5 Å². The Labute approximate surface area is 85.0 Å². The lowest BCUT2D eigenvalue weighted by atomic mass is 10.3. The quantitative estimate of drug-likeness (QED) is 0.620. The molecule has 0 amide bonds. The first-order valence-electron chi connectivity index (χ1n) is 5.17. The maximum atomic E-state index is 13.0. The molecule has 0 heterocycles. The first-order valence-corrected chi connectivity index (χ1v) is 5.17. The normalized spacial score (nSPS) is 12.4. The van der Waals surface area contributed by atoms with Crippen molar-refractivity contribution in [1.29, 1.82) is 0 Å². The summed E-state index contributed by atoms with van der Waals surface area (Å²) < 4.78 is 30.9. The van der Waals surface area contributed by atoms with Gasteiger partial charge in [-0.25, -0.2) is 8.78 Å². The predicted molar refractivity (Wildman–Crippen MR) is 53.8 cm³/mol. The van der Waals surface area contributed by atoms with Crippen molar-refractivity contribution in [3.63, 3.8) is 0 Å². The summed E-state index contributed by atoms with van der Waals surface area (Å²) in [5.74, 6) is -2.75. The zero-order valence-corrected chi connectivity index (χ0v) is 9.28. The molecule has 0 unspecified atom stereocenters. The number of alkyl halides is 2. The minimum absolute atomic E-state index is 0.0801. The van der Waals surface area contributed by atoms with Crippen LogP contribution in [0.1, 0.15) is 33.6 Å². The van der Waals surface area contributed by atoms with Gasteiger partial charge in [0.25, 0.3) is 5.92 Å².